The van der Waals surface area contributed by atoms with Crippen LogP contribution in [0.25, 0.3) is 10.9 Å². The van der Waals surface area contributed by atoms with Crippen molar-refractivity contribution < 1.29 is 4.79 Å². The topological polar surface area (TPSA) is 45.8 Å². The molecule has 3 heterocycles. The molecule has 150 valence electrons. The molecule has 1 aromatic heterocycles. The summed E-state index contributed by atoms with van der Waals surface area (Å²) in [5.41, 5.74) is 3.51. The predicted molar refractivity (Wildman–Crippen MR) is 118 cm³/mol. The number of hydrogen-bond acceptors (Lipinski definition) is 3. The monoisotopic (exact) mass is 389 g/mol. The standard InChI is InChI=1S/C23H27N5O/c29-23-27(17-18-28(23)20-6-2-1-3-7-20)16-13-25-11-14-26(15-12-25)21-8-4-5-19-9-10-24-22(19)21/h1-10,24H,11-18H2. The maximum Gasteiger partial charge on any atom is 0.324 e. The minimum absolute atomic E-state index is 0.133. The average Bonchev–Trinajstić information content (AvgIpc) is 3.40. The molecule has 0 bridgehead atoms. The van der Waals surface area contributed by atoms with Crippen molar-refractivity contribution in [2.75, 3.05) is 62.2 Å². The molecule has 3 aromatic rings. The van der Waals surface area contributed by atoms with E-state index in [0.29, 0.717) is 0 Å². The number of para-hydroxylation sites is 2. The van der Waals surface area contributed by atoms with Crippen molar-refractivity contribution in [2.45, 2.75) is 0 Å². The van der Waals surface area contributed by atoms with E-state index in [0.717, 1.165) is 58.0 Å². The number of benzene rings is 2. The van der Waals surface area contributed by atoms with Gasteiger partial charge in [0.05, 0.1) is 11.2 Å². The zero-order valence-corrected chi connectivity index (χ0v) is 16.6. The molecule has 5 rings (SSSR count). The second-order valence-electron chi connectivity index (χ2n) is 7.80. The number of fused-ring (bicyclic) bond motifs is 1. The lowest BCUT2D eigenvalue weighted by atomic mass is 10.2. The molecule has 6 heteroatoms. The van der Waals surface area contributed by atoms with Gasteiger partial charge < -0.3 is 14.8 Å². The summed E-state index contributed by atoms with van der Waals surface area (Å²) in [5.74, 6) is 0. The highest BCUT2D eigenvalue weighted by Gasteiger charge is 2.29. The van der Waals surface area contributed by atoms with Gasteiger partial charge in [-0.2, -0.15) is 0 Å². The van der Waals surface area contributed by atoms with Crippen LogP contribution >= 0.6 is 0 Å². The highest BCUT2D eigenvalue weighted by molar-refractivity contribution is 5.94. The number of carbonyl (C=O) groups excluding carboxylic acids is 1. The van der Waals surface area contributed by atoms with Crippen molar-refractivity contribution >= 4 is 28.3 Å². The van der Waals surface area contributed by atoms with Gasteiger partial charge >= 0.3 is 6.03 Å². The lowest BCUT2D eigenvalue weighted by Gasteiger charge is -2.36. The van der Waals surface area contributed by atoms with Crippen molar-refractivity contribution in [3.05, 3.63) is 60.8 Å². The van der Waals surface area contributed by atoms with Gasteiger partial charge in [-0.3, -0.25) is 9.80 Å². The smallest absolute Gasteiger partial charge is 0.324 e. The first kappa shape index (κ1) is 18.1. The summed E-state index contributed by atoms with van der Waals surface area (Å²) >= 11 is 0. The van der Waals surface area contributed by atoms with Crippen molar-refractivity contribution in [3.8, 4) is 0 Å². The number of H-pyrrole nitrogens is 1. The highest BCUT2D eigenvalue weighted by Crippen LogP contribution is 2.26. The van der Waals surface area contributed by atoms with Crippen LogP contribution in [0.3, 0.4) is 0 Å². The van der Waals surface area contributed by atoms with E-state index in [4.69, 9.17) is 0 Å². The molecular weight excluding hydrogens is 362 g/mol. The van der Waals surface area contributed by atoms with E-state index in [9.17, 15) is 4.79 Å². The van der Waals surface area contributed by atoms with E-state index in [-0.39, 0.29) is 6.03 Å². The number of nitrogens with one attached hydrogen (secondary N) is 1. The average molecular weight is 390 g/mol. The number of urea groups is 1. The quantitative estimate of drug-likeness (QED) is 0.729. The third kappa shape index (κ3) is 3.56. The fourth-order valence-corrected chi connectivity index (χ4v) is 4.44. The van der Waals surface area contributed by atoms with Crippen LogP contribution in [0.1, 0.15) is 0 Å². The summed E-state index contributed by atoms with van der Waals surface area (Å²) in [4.78, 5) is 24.9. The Morgan fingerprint density at radius 1 is 0.793 bits per heavy atom. The first-order valence-electron chi connectivity index (χ1n) is 10.4. The lowest BCUT2D eigenvalue weighted by molar-refractivity contribution is 0.199. The number of rotatable bonds is 5. The Balaban J connectivity index is 1.14. The maximum atomic E-state index is 12.7. The molecule has 1 N–H and O–H groups in total. The summed E-state index contributed by atoms with van der Waals surface area (Å²) in [5, 5.41) is 1.26. The Bertz CT molecular complexity index is 977. The summed E-state index contributed by atoms with van der Waals surface area (Å²) in [7, 11) is 0. The van der Waals surface area contributed by atoms with Crippen LogP contribution in [0.2, 0.25) is 0 Å². The van der Waals surface area contributed by atoms with Gasteiger partial charge in [-0.25, -0.2) is 4.79 Å². The number of hydrogen-bond donors (Lipinski definition) is 1. The summed E-state index contributed by atoms with van der Waals surface area (Å²) < 4.78 is 0. The van der Waals surface area contributed by atoms with E-state index in [2.05, 4.69) is 39.0 Å². The fraction of sp³-hybridized carbons (Fsp3) is 0.348. The molecule has 2 saturated heterocycles. The number of amides is 2. The van der Waals surface area contributed by atoms with Crippen LogP contribution in [-0.4, -0.2) is 73.2 Å². The Hall–Kier alpha value is -2.99. The van der Waals surface area contributed by atoms with E-state index < -0.39 is 0 Å². The van der Waals surface area contributed by atoms with Crippen molar-refractivity contribution in [1.29, 1.82) is 0 Å². The zero-order valence-electron chi connectivity index (χ0n) is 16.6. The molecule has 0 saturated carbocycles. The van der Waals surface area contributed by atoms with E-state index >= 15 is 0 Å². The van der Waals surface area contributed by atoms with Crippen LogP contribution in [-0.2, 0) is 0 Å². The molecule has 0 atom stereocenters. The first-order valence-corrected chi connectivity index (χ1v) is 10.4. The molecule has 2 aliphatic rings. The minimum Gasteiger partial charge on any atom is -0.367 e. The van der Waals surface area contributed by atoms with Gasteiger partial charge in [0.25, 0.3) is 0 Å². The largest absolute Gasteiger partial charge is 0.367 e. The third-order valence-electron chi connectivity index (χ3n) is 6.13. The maximum absolute atomic E-state index is 12.7. The van der Waals surface area contributed by atoms with Crippen LogP contribution in [0.4, 0.5) is 16.2 Å². The number of aromatic nitrogens is 1. The third-order valence-corrected chi connectivity index (χ3v) is 6.13. The Kier molecular flexibility index (Phi) is 4.86. The number of anilines is 2. The Labute approximate surface area is 171 Å². The predicted octanol–water partition coefficient (Wildman–Crippen LogP) is 3.23. The van der Waals surface area contributed by atoms with Gasteiger partial charge in [0, 0.05) is 69.6 Å². The molecule has 2 fully saturated rings. The van der Waals surface area contributed by atoms with Gasteiger partial charge in [-0.05, 0) is 24.3 Å². The first-order chi connectivity index (χ1) is 14.3. The zero-order chi connectivity index (χ0) is 19.6. The van der Waals surface area contributed by atoms with Crippen molar-refractivity contribution in [1.82, 2.24) is 14.8 Å². The number of nitrogens with zero attached hydrogens (tertiary/aromatic N) is 4. The molecular formula is C23H27N5O. The van der Waals surface area contributed by atoms with E-state index in [1.165, 1.54) is 16.6 Å². The molecule has 2 aromatic carbocycles. The minimum atomic E-state index is 0.133. The summed E-state index contributed by atoms with van der Waals surface area (Å²) in [6.45, 7) is 7.41. The number of carbonyl (C=O) groups is 1. The SMILES string of the molecule is O=C1N(CCN2CCN(c3cccc4cc[nH]c34)CC2)CCN1c1ccccc1. The van der Waals surface area contributed by atoms with Gasteiger partial charge in [-0.15, -0.1) is 0 Å². The van der Waals surface area contributed by atoms with Crippen LogP contribution in [0, 0.1) is 0 Å². The van der Waals surface area contributed by atoms with Crippen LogP contribution in [0.15, 0.2) is 60.8 Å². The Morgan fingerprint density at radius 2 is 1.62 bits per heavy atom. The Morgan fingerprint density at radius 3 is 2.45 bits per heavy atom. The molecule has 0 unspecified atom stereocenters. The highest BCUT2D eigenvalue weighted by atomic mass is 16.2. The summed E-state index contributed by atoms with van der Waals surface area (Å²) in [6.07, 6.45) is 2.01. The van der Waals surface area contributed by atoms with Gasteiger partial charge in [-0.1, -0.05) is 30.3 Å². The van der Waals surface area contributed by atoms with Crippen LogP contribution < -0.4 is 9.80 Å². The number of aromatic amines is 1. The van der Waals surface area contributed by atoms with Gasteiger partial charge in [0.15, 0.2) is 0 Å². The van der Waals surface area contributed by atoms with Crippen LogP contribution in [0.5, 0.6) is 0 Å². The van der Waals surface area contributed by atoms with Gasteiger partial charge in [0.2, 0.25) is 0 Å². The lowest BCUT2D eigenvalue weighted by Crippen LogP contribution is -2.49. The number of piperazine rings is 1. The van der Waals surface area contributed by atoms with E-state index in [1.54, 1.807) is 0 Å². The normalized spacial score (nSPS) is 18.2. The molecule has 6 nitrogen and oxygen atoms in total. The molecule has 0 spiro atoms. The molecule has 2 aliphatic heterocycles. The molecule has 0 radical (unpaired) electrons. The molecule has 29 heavy (non-hydrogen) atoms. The summed E-state index contributed by atoms with van der Waals surface area (Å²) in [6, 6.07) is 18.7. The van der Waals surface area contributed by atoms with Crippen molar-refractivity contribution in [2.24, 2.45) is 0 Å². The second-order valence-corrected chi connectivity index (χ2v) is 7.80. The second kappa shape index (κ2) is 7.79. The molecule has 0 aliphatic carbocycles. The van der Waals surface area contributed by atoms with Crippen molar-refractivity contribution in [3.63, 3.8) is 0 Å². The fourth-order valence-electron chi connectivity index (χ4n) is 4.44. The molecule has 2 amide bonds. The van der Waals surface area contributed by atoms with Gasteiger partial charge in [0.1, 0.15) is 0 Å². The van der Waals surface area contributed by atoms with E-state index in [1.807, 2.05) is 46.3 Å².